The number of ether oxygens (including phenoxy) is 4. The summed E-state index contributed by atoms with van der Waals surface area (Å²) in [6.45, 7) is 4.39. The van der Waals surface area contributed by atoms with Crippen LogP contribution in [0.2, 0.25) is 0 Å². The molecule has 0 saturated carbocycles. The van der Waals surface area contributed by atoms with E-state index in [0.717, 1.165) is 40.2 Å². The molecule has 0 spiro atoms. The summed E-state index contributed by atoms with van der Waals surface area (Å²) in [6.07, 6.45) is 9.33. The number of hydrogen-bond acceptors (Lipinski definition) is 8. The standard InChI is InChI=1S/C43H35N5O4/c1-3-29(4-2)30-27-46-43(47-28-30)48-39-25-35(49-31-11-9-13-33(23-31)51-41-15-5-7-21-44-41)17-19-37(39)38-20-18-36(26-40(38)48)50-32-12-10-14-34(24-32)52-42-16-6-8-22-45-42/h5-29H,3-4H2,1-2H3. The summed E-state index contributed by atoms with van der Waals surface area (Å²) in [5, 5.41) is 2.05. The first-order chi connectivity index (χ1) is 25.6. The third-order valence-electron chi connectivity index (χ3n) is 8.83. The van der Waals surface area contributed by atoms with E-state index in [1.54, 1.807) is 12.4 Å². The van der Waals surface area contributed by atoms with Gasteiger partial charge in [0.2, 0.25) is 17.7 Å². The zero-order valence-electron chi connectivity index (χ0n) is 28.7. The molecule has 0 N–H and O–H groups in total. The van der Waals surface area contributed by atoms with Crippen molar-refractivity contribution < 1.29 is 18.9 Å². The van der Waals surface area contributed by atoms with E-state index >= 15 is 0 Å². The molecule has 0 atom stereocenters. The molecule has 4 heterocycles. The van der Waals surface area contributed by atoms with Crippen LogP contribution in [0.3, 0.4) is 0 Å². The molecule has 0 aliphatic carbocycles. The third-order valence-corrected chi connectivity index (χ3v) is 8.83. The minimum Gasteiger partial charge on any atom is -0.457 e. The number of nitrogens with zero attached hydrogens (tertiary/aromatic N) is 5. The van der Waals surface area contributed by atoms with E-state index in [-0.39, 0.29) is 0 Å². The quantitative estimate of drug-likeness (QED) is 0.125. The molecule has 4 aromatic carbocycles. The molecule has 0 saturated heterocycles. The van der Waals surface area contributed by atoms with Gasteiger partial charge in [0.25, 0.3) is 0 Å². The molecular formula is C43H35N5O4. The van der Waals surface area contributed by atoms with Gasteiger partial charge in [0.15, 0.2) is 0 Å². The van der Waals surface area contributed by atoms with Crippen molar-refractivity contribution in [3.05, 3.63) is 152 Å². The first-order valence-electron chi connectivity index (χ1n) is 17.3. The second kappa shape index (κ2) is 14.6. The molecule has 8 rings (SSSR count). The molecule has 256 valence electrons. The second-order valence-electron chi connectivity index (χ2n) is 12.2. The normalized spacial score (nSPS) is 11.2. The number of benzene rings is 4. The molecule has 0 bridgehead atoms. The van der Waals surface area contributed by atoms with Crippen LogP contribution in [0.25, 0.3) is 27.8 Å². The number of pyridine rings is 2. The zero-order chi connectivity index (χ0) is 35.3. The minimum absolute atomic E-state index is 0.405. The fourth-order valence-corrected chi connectivity index (χ4v) is 6.27. The first kappa shape index (κ1) is 32.5. The highest BCUT2D eigenvalue weighted by atomic mass is 16.5. The Morgan fingerprint density at radius 3 is 1.38 bits per heavy atom. The highest BCUT2D eigenvalue weighted by Crippen LogP contribution is 2.38. The van der Waals surface area contributed by atoms with Crippen molar-refractivity contribution in [3.8, 4) is 52.2 Å². The highest BCUT2D eigenvalue weighted by molar-refractivity contribution is 6.09. The molecule has 0 radical (unpaired) electrons. The van der Waals surface area contributed by atoms with Crippen molar-refractivity contribution in [2.45, 2.75) is 32.6 Å². The summed E-state index contributed by atoms with van der Waals surface area (Å²) in [4.78, 5) is 18.3. The van der Waals surface area contributed by atoms with Crippen LogP contribution < -0.4 is 18.9 Å². The molecular weight excluding hydrogens is 651 g/mol. The fourth-order valence-electron chi connectivity index (χ4n) is 6.27. The second-order valence-corrected chi connectivity index (χ2v) is 12.2. The largest absolute Gasteiger partial charge is 0.457 e. The van der Waals surface area contributed by atoms with Crippen molar-refractivity contribution in [3.63, 3.8) is 0 Å². The topological polar surface area (TPSA) is 93.4 Å². The van der Waals surface area contributed by atoms with E-state index in [2.05, 4.69) is 40.5 Å². The van der Waals surface area contributed by atoms with Gasteiger partial charge in [-0.3, -0.25) is 4.57 Å². The summed E-state index contributed by atoms with van der Waals surface area (Å²) in [7, 11) is 0. The van der Waals surface area contributed by atoms with Crippen LogP contribution in [0.1, 0.15) is 38.2 Å². The molecule has 0 aliphatic rings. The zero-order valence-corrected chi connectivity index (χ0v) is 28.7. The number of rotatable bonds is 12. The molecule has 52 heavy (non-hydrogen) atoms. The molecule has 0 amide bonds. The predicted octanol–water partition coefficient (Wildman–Crippen LogP) is 11.4. The van der Waals surface area contributed by atoms with Crippen LogP contribution >= 0.6 is 0 Å². The lowest BCUT2D eigenvalue weighted by Crippen LogP contribution is -2.04. The van der Waals surface area contributed by atoms with Gasteiger partial charge in [-0.1, -0.05) is 38.1 Å². The Hall–Kier alpha value is -6.74. The Balaban J connectivity index is 1.16. The maximum atomic E-state index is 6.39. The predicted molar refractivity (Wildman–Crippen MR) is 201 cm³/mol. The molecule has 8 aromatic rings. The summed E-state index contributed by atoms with van der Waals surface area (Å²) in [6, 6.07) is 38.2. The minimum atomic E-state index is 0.405. The Kier molecular flexibility index (Phi) is 9.13. The summed E-state index contributed by atoms with van der Waals surface area (Å²) in [5.74, 6) is 5.80. The van der Waals surface area contributed by atoms with Gasteiger partial charge in [-0.25, -0.2) is 19.9 Å². The van der Waals surface area contributed by atoms with Crippen molar-refractivity contribution in [1.82, 2.24) is 24.5 Å². The van der Waals surface area contributed by atoms with Gasteiger partial charge in [0, 0.05) is 72.0 Å². The lowest BCUT2D eigenvalue weighted by molar-refractivity contribution is 0.448. The van der Waals surface area contributed by atoms with Crippen LogP contribution in [0.4, 0.5) is 0 Å². The van der Waals surface area contributed by atoms with Gasteiger partial charge in [-0.2, -0.15) is 0 Å². The lowest BCUT2D eigenvalue weighted by Gasteiger charge is -2.13. The van der Waals surface area contributed by atoms with E-state index in [1.807, 2.05) is 122 Å². The van der Waals surface area contributed by atoms with E-state index in [4.69, 9.17) is 28.9 Å². The van der Waals surface area contributed by atoms with Gasteiger partial charge < -0.3 is 18.9 Å². The Labute approximate surface area is 301 Å². The van der Waals surface area contributed by atoms with Crippen molar-refractivity contribution in [2.75, 3.05) is 0 Å². The maximum Gasteiger partial charge on any atom is 0.234 e. The van der Waals surface area contributed by atoms with Gasteiger partial charge in [0.05, 0.1) is 11.0 Å². The SMILES string of the molecule is CCC(CC)c1cnc(-n2c3cc(Oc4cccc(Oc5ccccn5)c4)ccc3c3ccc(Oc4cccc(Oc5ccccn5)c4)cc32)nc1. The molecule has 0 aliphatic heterocycles. The van der Waals surface area contributed by atoms with Gasteiger partial charge >= 0.3 is 0 Å². The molecule has 4 aromatic heterocycles. The van der Waals surface area contributed by atoms with Crippen LogP contribution in [0.15, 0.2) is 146 Å². The molecule has 9 nitrogen and oxygen atoms in total. The number of fused-ring (bicyclic) bond motifs is 3. The van der Waals surface area contributed by atoms with Crippen LogP contribution in [-0.2, 0) is 0 Å². The average molecular weight is 686 g/mol. The fraction of sp³-hybridized carbons (Fsp3) is 0.116. The van der Waals surface area contributed by atoms with Gasteiger partial charge in [-0.15, -0.1) is 0 Å². The van der Waals surface area contributed by atoms with Gasteiger partial charge in [0.1, 0.15) is 34.5 Å². The highest BCUT2D eigenvalue weighted by Gasteiger charge is 2.18. The summed E-state index contributed by atoms with van der Waals surface area (Å²) >= 11 is 0. The van der Waals surface area contributed by atoms with E-state index in [1.165, 1.54) is 0 Å². The van der Waals surface area contributed by atoms with Crippen molar-refractivity contribution in [1.29, 1.82) is 0 Å². The molecule has 0 fully saturated rings. The van der Waals surface area contributed by atoms with Crippen LogP contribution in [0.5, 0.6) is 46.3 Å². The Morgan fingerprint density at radius 2 is 0.942 bits per heavy atom. The summed E-state index contributed by atoms with van der Waals surface area (Å²) in [5.41, 5.74) is 2.92. The van der Waals surface area contributed by atoms with E-state index < -0.39 is 0 Å². The molecule has 0 unspecified atom stereocenters. The van der Waals surface area contributed by atoms with Crippen LogP contribution in [-0.4, -0.2) is 24.5 Å². The smallest absolute Gasteiger partial charge is 0.234 e. The van der Waals surface area contributed by atoms with Crippen molar-refractivity contribution in [2.24, 2.45) is 0 Å². The van der Waals surface area contributed by atoms with E-state index in [9.17, 15) is 0 Å². The Bertz CT molecular complexity index is 2300. The first-order valence-corrected chi connectivity index (χ1v) is 17.3. The summed E-state index contributed by atoms with van der Waals surface area (Å²) < 4.78 is 26.7. The number of hydrogen-bond donors (Lipinski definition) is 0. The molecule has 9 heteroatoms. The van der Waals surface area contributed by atoms with E-state index in [0.29, 0.717) is 58.1 Å². The Morgan fingerprint density at radius 1 is 0.481 bits per heavy atom. The average Bonchev–Trinajstić information content (AvgIpc) is 3.49. The third kappa shape index (κ3) is 6.97. The number of aromatic nitrogens is 5. The monoisotopic (exact) mass is 685 g/mol. The lowest BCUT2D eigenvalue weighted by atomic mass is 9.97. The van der Waals surface area contributed by atoms with Crippen LogP contribution in [0, 0.1) is 0 Å². The van der Waals surface area contributed by atoms with Gasteiger partial charge in [-0.05, 0) is 85.0 Å². The van der Waals surface area contributed by atoms with Crippen molar-refractivity contribution >= 4 is 21.8 Å². The maximum absolute atomic E-state index is 6.39.